The number of rotatable bonds is 12. The van der Waals surface area contributed by atoms with Gasteiger partial charge in [-0.2, -0.15) is 0 Å². The maximum Gasteiger partial charge on any atom is 0.331 e. The number of aliphatic hydroxyl groups excluding tert-OH is 1. The summed E-state index contributed by atoms with van der Waals surface area (Å²) in [5, 5.41) is 11.0. The Kier molecular flexibility index (Phi) is 10.3. The largest absolute Gasteiger partial charge is 0.464 e. The van der Waals surface area contributed by atoms with Crippen LogP contribution in [0, 0.1) is 0 Å². The fraction of sp³-hybridized carbons (Fsp3) is 0.522. The lowest BCUT2D eigenvalue weighted by atomic mass is 9.98. The number of aromatic nitrogens is 2. The van der Waals surface area contributed by atoms with Crippen molar-refractivity contribution in [2.24, 2.45) is 0 Å². The average molecular weight is 578 g/mol. The third-order valence-electron chi connectivity index (χ3n) is 5.83. The lowest BCUT2D eigenvalue weighted by Gasteiger charge is -2.27. The van der Waals surface area contributed by atoms with Crippen LogP contribution in [0.2, 0.25) is 5.02 Å². The molecule has 2 N–H and O–H groups in total. The minimum atomic E-state index is -3.29. The van der Waals surface area contributed by atoms with Gasteiger partial charge in [0, 0.05) is 17.3 Å². The van der Waals surface area contributed by atoms with Gasteiger partial charge in [0.15, 0.2) is 11.9 Å². The van der Waals surface area contributed by atoms with E-state index in [4.69, 9.17) is 30.4 Å². The minimum absolute atomic E-state index is 0.146. The summed E-state index contributed by atoms with van der Waals surface area (Å²) >= 11 is 5.87. The Balaban J connectivity index is 1.78. The number of nitrogens with one attached hydrogen (secondary N) is 1. The number of hydrogen-bond donors (Lipinski definition) is 2. The van der Waals surface area contributed by atoms with Crippen LogP contribution in [0.3, 0.4) is 0 Å². The zero-order valence-electron chi connectivity index (χ0n) is 21.0. The molecule has 1 aromatic heterocycles. The molecule has 1 fully saturated rings. The molecule has 210 valence electrons. The predicted molar refractivity (Wildman–Crippen MR) is 135 cm³/mol. The van der Waals surface area contributed by atoms with Crippen LogP contribution in [0.1, 0.15) is 39.8 Å². The molecule has 15 heteroatoms. The smallest absolute Gasteiger partial charge is 0.331 e. The molecule has 1 saturated heterocycles. The molecule has 0 aliphatic carbocycles. The summed E-state index contributed by atoms with van der Waals surface area (Å²) in [7, 11) is -3.29. The van der Waals surface area contributed by atoms with Crippen molar-refractivity contribution in [2.45, 2.75) is 63.8 Å². The van der Waals surface area contributed by atoms with E-state index in [2.05, 4.69) is 0 Å². The number of hydroxylamine groups is 1. The first kappa shape index (κ1) is 30.0. The van der Waals surface area contributed by atoms with Crippen molar-refractivity contribution in [1.29, 1.82) is 0 Å². The Labute approximate surface area is 223 Å². The van der Waals surface area contributed by atoms with E-state index in [0.29, 0.717) is 11.4 Å². The van der Waals surface area contributed by atoms with E-state index in [-0.39, 0.29) is 12.4 Å². The first-order chi connectivity index (χ1) is 17.9. The number of carbonyl (C=O) groups is 1. The van der Waals surface area contributed by atoms with Crippen LogP contribution in [-0.2, 0) is 23.7 Å². The molecule has 0 spiro atoms. The third-order valence-corrected chi connectivity index (χ3v) is 7.37. The molecule has 1 aliphatic rings. The fourth-order valence-corrected chi connectivity index (χ4v) is 4.78. The van der Waals surface area contributed by atoms with Gasteiger partial charge in [0.05, 0.1) is 13.2 Å². The van der Waals surface area contributed by atoms with Crippen LogP contribution < -0.4 is 15.8 Å². The van der Waals surface area contributed by atoms with Gasteiger partial charge >= 0.3 is 19.8 Å². The SMILES string of the molecule is CCCCOC(=O)C(C)N(OC[C@H]1O[C@@H](n2ccc(=O)[nH]c2=O)[C@](C)(F)[C@@H]1O)[PH](=O)Oc1ccc(Cl)cc1. The Bertz CT molecular complexity index is 1240. The molecule has 12 nitrogen and oxygen atoms in total. The number of aromatic amines is 1. The van der Waals surface area contributed by atoms with Gasteiger partial charge in [-0.25, -0.2) is 9.18 Å². The van der Waals surface area contributed by atoms with E-state index in [1.54, 1.807) is 0 Å². The minimum Gasteiger partial charge on any atom is -0.464 e. The molecule has 2 heterocycles. The Hall–Kier alpha value is -2.54. The number of ether oxygens (including phenoxy) is 2. The van der Waals surface area contributed by atoms with Crippen LogP contribution in [0.25, 0.3) is 0 Å². The van der Waals surface area contributed by atoms with Crippen molar-refractivity contribution in [1.82, 2.24) is 14.4 Å². The summed E-state index contributed by atoms with van der Waals surface area (Å²) in [6.45, 7) is 3.91. The lowest BCUT2D eigenvalue weighted by molar-refractivity contribution is -0.181. The monoisotopic (exact) mass is 577 g/mol. The van der Waals surface area contributed by atoms with E-state index >= 15 is 4.39 Å². The van der Waals surface area contributed by atoms with Crippen molar-refractivity contribution in [3.8, 4) is 5.75 Å². The summed E-state index contributed by atoms with van der Waals surface area (Å²) in [5.41, 5.74) is -4.10. The fourth-order valence-electron chi connectivity index (χ4n) is 3.62. The number of H-pyrrole nitrogens is 1. The highest BCUT2D eigenvalue weighted by atomic mass is 35.5. The summed E-state index contributed by atoms with van der Waals surface area (Å²) in [6.07, 6.45) is -2.30. The zero-order chi connectivity index (χ0) is 28.0. The maximum absolute atomic E-state index is 15.5. The van der Waals surface area contributed by atoms with Gasteiger partial charge in [-0.3, -0.25) is 28.5 Å². The number of unbranched alkanes of at least 4 members (excludes halogenated alkanes) is 1. The summed E-state index contributed by atoms with van der Waals surface area (Å²) in [5.74, 6) is -0.554. The summed E-state index contributed by atoms with van der Waals surface area (Å²) < 4.78 is 45.6. The van der Waals surface area contributed by atoms with Crippen LogP contribution in [-0.4, -0.2) is 62.6 Å². The second-order valence-electron chi connectivity index (χ2n) is 8.78. The molecule has 1 aromatic carbocycles. The number of alkyl halides is 1. The second-order valence-corrected chi connectivity index (χ2v) is 10.4. The normalized spacial score (nSPS) is 24.8. The van der Waals surface area contributed by atoms with Gasteiger partial charge in [0.1, 0.15) is 24.0 Å². The van der Waals surface area contributed by atoms with Crippen molar-refractivity contribution in [3.63, 3.8) is 0 Å². The van der Waals surface area contributed by atoms with Gasteiger partial charge in [-0.15, -0.1) is 0 Å². The first-order valence-electron chi connectivity index (χ1n) is 11.9. The van der Waals surface area contributed by atoms with E-state index in [1.807, 2.05) is 11.9 Å². The van der Waals surface area contributed by atoms with Crippen LogP contribution >= 0.6 is 19.8 Å². The van der Waals surface area contributed by atoms with Gasteiger partial charge in [-0.1, -0.05) is 29.8 Å². The second kappa shape index (κ2) is 13.0. The van der Waals surface area contributed by atoms with Crippen LogP contribution in [0.4, 0.5) is 4.39 Å². The average Bonchev–Trinajstić information content (AvgIpc) is 3.09. The maximum atomic E-state index is 15.5. The zero-order valence-corrected chi connectivity index (χ0v) is 22.7. The first-order valence-corrected chi connectivity index (χ1v) is 13.5. The standard InChI is InChI=1S/C23H30ClFN3O9P/c1-4-5-12-34-20(31)14(2)28(38(33)37-16-8-6-15(24)7-9-16)35-13-17-19(30)23(3,25)21(36-17)27-11-10-18(29)26-22(27)32/h6-11,14,17,19,21,30,38H,4-5,12-13H2,1-3H3,(H,26,29,32)/t14?,17-,19-,21-,23-/m1/s1. The molecule has 6 atom stereocenters. The molecule has 2 aromatic rings. The molecular formula is C23H30ClFN3O9P. The predicted octanol–water partition coefficient (Wildman–Crippen LogP) is 2.61. The molecule has 1 aliphatic heterocycles. The van der Waals surface area contributed by atoms with Crippen molar-refractivity contribution < 1.29 is 37.7 Å². The molecule has 2 unspecified atom stereocenters. The number of carbonyl (C=O) groups excluding carboxylic acids is 1. The molecule has 0 radical (unpaired) electrons. The van der Waals surface area contributed by atoms with Gasteiger partial charge < -0.3 is 19.1 Å². The number of halogens is 2. The quantitative estimate of drug-likeness (QED) is 0.167. The highest BCUT2D eigenvalue weighted by Crippen LogP contribution is 2.41. The van der Waals surface area contributed by atoms with Crippen molar-refractivity contribution in [3.05, 3.63) is 62.4 Å². The van der Waals surface area contributed by atoms with E-state index in [1.165, 1.54) is 31.2 Å². The number of aliphatic hydroxyl groups is 1. The highest BCUT2D eigenvalue weighted by molar-refractivity contribution is 7.36. The number of hydrogen-bond acceptors (Lipinski definition) is 9. The highest BCUT2D eigenvalue weighted by Gasteiger charge is 2.55. The molecule has 0 amide bonds. The Morgan fingerprint density at radius 1 is 1.34 bits per heavy atom. The molecule has 38 heavy (non-hydrogen) atoms. The van der Waals surface area contributed by atoms with E-state index in [9.17, 15) is 24.1 Å². The van der Waals surface area contributed by atoms with Crippen molar-refractivity contribution in [2.75, 3.05) is 13.2 Å². The molecular weight excluding hydrogens is 548 g/mol. The van der Waals surface area contributed by atoms with E-state index < -0.39 is 62.2 Å². The topological polar surface area (TPSA) is 149 Å². The van der Waals surface area contributed by atoms with Crippen molar-refractivity contribution >= 4 is 25.7 Å². The summed E-state index contributed by atoms with van der Waals surface area (Å²) in [6, 6.07) is 5.77. The third kappa shape index (κ3) is 7.10. The molecule has 0 saturated carbocycles. The molecule has 0 bridgehead atoms. The van der Waals surface area contributed by atoms with Gasteiger partial charge in [0.2, 0.25) is 0 Å². The number of esters is 1. The Morgan fingerprint density at radius 2 is 2.03 bits per heavy atom. The number of benzene rings is 1. The number of nitrogens with zero attached hydrogens (tertiary/aromatic N) is 2. The Morgan fingerprint density at radius 3 is 2.66 bits per heavy atom. The van der Waals surface area contributed by atoms with Crippen LogP contribution in [0.15, 0.2) is 46.1 Å². The molecule has 3 rings (SSSR count). The lowest BCUT2D eigenvalue weighted by Crippen LogP contribution is -2.44. The van der Waals surface area contributed by atoms with Crippen LogP contribution in [0.5, 0.6) is 5.75 Å². The van der Waals surface area contributed by atoms with E-state index in [0.717, 1.165) is 35.0 Å². The van der Waals surface area contributed by atoms with Gasteiger partial charge in [-0.05, 0) is 44.5 Å². The van der Waals surface area contributed by atoms with Gasteiger partial charge in [0.25, 0.3) is 5.56 Å². The summed E-state index contributed by atoms with van der Waals surface area (Å²) in [4.78, 5) is 44.5.